The van der Waals surface area contributed by atoms with Crippen LogP contribution in [0.3, 0.4) is 0 Å². The van der Waals surface area contributed by atoms with Gasteiger partial charge in [0.15, 0.2) is 0 Å². The Morgan fingerprint density at radius 2 is 1.54 bits per heavy atom. The Labute approximate surface area is 205 Å². The number of aryl methyl sites for hydroxylation is 1. The fourth-order valence-electron chi connectivity index (χ4n) is 5.45. The largest absolute Gasteiger partial charge is 0.265 e. The first kappa shape index (κ1) is 21.4. The second-order valence-corrected chi connectivity index (χ2v) is 9.32. The molecule has 1 aliphatic carbocycles. The van der Waals surface area contributed by atoms with Crippen LogP contribution in [-0.2, 0) is 6.42 Å². The lowest BCUT2D eigenvalue weighted by Crippen LogP contribution is -2.08. The second-order valence-electron chi connectivity index (χ2n) is 9.32. The summed E-state index contributed by atoms with van der Waals surface area (Å²) in [6, 6.07) is 30.0. The molecule has 2 heterocycles. The Morgan fingerprint density at radius 3 is 2.40 bits per heavy atom. The third-order valence-electron chi connectivity index (χ3n) is 7.18. The van der Waals surface area contributed by atoms with E-state index in [4.69, 9.17) is 0 Å². The summed E-state index contributed by atoms with van der Waals surface area (Å²) in [5, 5.41) is 14.3. The molecular weight excluding hydrogens is 426 g/mol. The molecule has 4 aromatic carbocycles. The summed E-state index contributed by atoms with van der Waals surface area (Å²) >= 11 is 0. The van der Waals surface area contributed by atoms with E-state index in [2.05, 4.69) is 76.7 Å². The van der Waals surface area contributed by atoms with Gasteiger partial charge in [-0.1, -0.05) is 61.5 Å². The van der Waals surface area contributed by atoms with E-state index < -0.39 is 0 Å². The van der Waals surface area contributed by atoms with Gasteiger partial charge in [-0.25, -0.2) is 0 Å². The van der Waals surface area contributed by atoms with Gasteiger partial charge >= 0.3 is 0 Å². The van der Waals surface area contributed by atoms with Gasteiger partial charge < -0.3 is 0 Å². The standard InChI is InChI=1S/C24H21N.C8H6N2/c1-16-5-4-8-21-19(16)9-10-22-20-7-3-2-6-18(20)15-23(24(21)22)17-11-13-25-14-12-17;1-2-4-8-7(3-1)5-6-9-10-8/h2-3,6-7,9-16H,4-5,8H2,1H3;1-6H. The zero-order valence-corrected chi connectivity index (χ0v) is 19.9. The molecule has 0 fully saturated rings. The van der Waals surface area contributed by atoms with Gasteiger partial charge in [0.05, 0.1) is 11.7 Å². The molecule has 0 saturated heterocycles. The van der Waals surface area contributed by atoms with Crippen LogP contribution in [0.4, 0.5) is 0 Å². The number of hydrogen-bond donors (Lipinski definition) is 0. The number of hydrogen-bond acceptors (Lipinski definition) is 3. The maximum atomic E-state index is 4.21. The molecule has 0 radical (unpaired) electrons. The predicted octanol–water partition coefficient (Wildman–Crippen LogP) is 8.12. The molecule has 7 rings (SSSR count). The smallest absolute Gasteiger partial charge is 0.0929 e. The highest BCUT2D eigenvalue weighted by Gasteiger charge is 2.21. The molecule has 0 aliphatic heterocycles. The van der Waals surface area contributed by atoms with Crippen molar-refractivity contribution in [2.75, 3.05) is 0 Å². The van der Waals surface area contributed by atoms with Crippen LogP contribution in [0, 0.1) is 0 Å². The van der Waals surface area contributed by atoms with E-state index in [1.807, 2.05) is 42.7 Å². The van der Waals surface area contributed by atoms with Crippen LogP contribution in [0.25, 0.3) is 43.6 Å². The molecule has 0 saturated carbocycles. The first-order chi connectivity index (χ1) is 17.3. The van der Waals surface area contributed by atoms with Gasteiger partial charge in [0.1, 0.15) is 0 Å². The van der Waals surface area contributed by atoms with E-state index >= 15 is 0 Å². The Balaban J connectivity index is 0.000000191. The summed E-state index contributed by atoms with van der Waals surface area (Å²) < 4.78 is 0. The van der Waals surface area contributed by atoms with Crippen LogP contribution in [0.5, 0.6) is 0 Å². The molecule has 0 N–H and O–H groups in total. The number of nitrogens with zero attached hydrogens (tertiary/aromatic N) is 3. The van der Waals surface area contributed by atoms with E-state index in [0.717, 1.165) is 10.9 Å². The lowest BCUT2D eigenvalue weighted by molar-refractivity contribution is 0.593. The second kappa shape index (κ2) is 9.27. The minimum absolute atomic E-state index is 0.657. The van der Waals surface area contributed by atoms with E-state index in [1.54, 1.807) is 17.3 Å². The first-order valence-corrected chi connectivity index (χ1v) is 12.3. The van der Waals surface area contributed by atoms with Gasteiger partial charge in [-0.05, 0) is 99.3 Å². The molecule has 170 valence electrons. The van der Waals surface area contributed by atoms with Crippen molar-refractivity contribution < 1.29 is 0 Å². The van der Waals surface area contributed by atoms with Crippen LogP contribution in [0.1, 0.15) is 36.8 Å². The van der Waals surface area contributed by atoms with E-state index in [1.165, 1.54) is 51.9 Å². The summed E-state index contributed by atoms with van der Waals surface area (Å²) in [5.74, 6) is 0.657. The average molecular weight is 454 g/mol. The zero-order valence-electron chi connectivity index (χ0n) is 19.9. The number of fused-ring (bicyclic) bond motifs is 6. The van der Waals surface area contributed by atoms with Gasteiger partial charge in [-0.3, -0.25) is 4.98 Å². The Kier molecular flexibility index (Phi) is 5.67. The van der Waals surface area contributed by atoms with Crippen LogP contribution >= 0.6 is 0 Å². The zero-order chi connectivity index (χ0) is 23.6. The molecular formula is C32H27N3. The van der Waals surface area contributed by atoms with Gasteiger partial charge in [0.25, 0.3) is 0 Å². The van der Waals surface area contributed by atoms with E-state index in [-0.39, 0.29) is 0 Å². The van der Waals surface area contributed by atoms with Crippen LogP contribution in [-0.4, -0.2) is 15.2 Å². The molecule has 0 bridgehead atoms. The molecule has 3 nitrogen and oxygen atoms in total. The molecule has 0 spiro atoms. The summed E-state index contributed by atoms with van der Waals surface area (Å²) in [7, 11) is 0. The number of rotatable bonds is 1. The molecule has 1 aliphatic rings. The highest BCUT2D eigenvalue weighted by molar-refractivity contribution is 6.15. The lowest BCUT2D eigenvalue weighted by Gasteiger charge is -2.25. The minimum Gasteiger partial charge on any atom is -0.265 e. The highest BCUT2D eigenvalue weighted by Crippen LogP contribution is 2.42. The normalized spacial score (nSPS) is 14.9. The van der Waals surface area contributed by atoms with Crippen molar-refractivity contribution in [3.63, 3.8) is 0 Å². The molecule has 35 heavy (non-hydrogen) atoms. The fraction of sp³-hybridized carbons (Fsp3) is 0.156. The third-order valence-corrected chi connectivity index (χ3v) is 7.18. The number of benzene rings is 4. The summed E-state index contributed by atoms with van der Waals surface area (Å²) in [6.07, 6.45) is 9.27. The van der Waals surface area contributed by atoms with Crippen molar-refractivity contribution in [1.82, 2.24) is 15.2 Å². The summed E-state index contributed by atoms with van der Waals surface area (Å²) in [5.41, 5.74) is 6.67. The van der Waals surface area contributed by atoms with Crippen LogP contribution in [0.15, 0.2) is 104 Å². The Bertz CT molecular complexity index is 1570. The van der Waals surface area contributed by atoms with Crippen molar-refractivity contribution >= 4 is 32.4 Å². The molecule has 0 amide bonds. The Morgan fingerprint density at radius 1 is 0.743 bits per heavy atom. The fourth-order valence-corrected chi connectivity index (χ4v) is 5.45. The molecule has 3 heteroatoms. The molecule has 1 unspecified atom stereocenters. The predicted molar refractivity (Wildman–Crippen MR) is 146 cm³/mol. The minimum atomic E-state index is 0.657. The average Bonchev–Trinajstić information content (AvgIpc) is 2.93. The van der Waals surface area contributed by atoms with Crippen molar-refractivity contribution in [2.45, 2.75) is 32.1 Å². The van der Waals surface area contributed by atoms with Crippen LogP contribution in [0.2, 0.25) is 0 Å². The molecule has 6 aromatic rings. The van der Waals surface area contributed by atoms with Crippen molar-refractivity contribution in [1.29, 1.82) is 0 Å². The van der Waals surface area contributed by atoms with Crippen molar-refractivity contribution in [3.05, 3.63) is 115 Å². The summed E-state index contributed by atoms with van der Waals surface area (Å²) in [6.45, 7) is 2.37. The van der Waals surface area contributed by atoms with E-state index in [9.17, 15) is 0 Å². The number of aromatic nitrogens is 3. The van der Waals surface area contributed by atoms with Crippen LogP contribution < -0.4 is 0 Å². The monoisotopic (exact) mass is 453 g/mol. The number of pyridine rings is 1. The summed E-state index contributed by atoms with van der Waals surface area (Å²) in [4.78, 5) is 4.21. The lowest BCUT2D eigenvalue weighted by atomic mass is 9.79. The quantitative estimate of drug-likeness (QED) is 0.236. The van der Waals surface area contributed by atoms with Crippen molar-refractivity contribution in [3.8, 4) is 11.1 Å². The molecule has 1 atom stereocenters. The van der Waals surface area contributed by atoms with Gasteiger partial charge in [0, 0.05) is 17.8 Å². The Hall–Kier alpha value is -4.11. The molecule has 2 aromatic heterocycles. The van der Waals surface area contributed by atoms with Gasteiger partial charge in [0.2, 0.25) is 0 Å². The first-order valence-electron chi connectivity index (χ1n) is 12.3. The van der Waals surface area contributed by atoms with Crippen molar-refractivity contribution in [2.24, 2.45) is 0 Å². The third kappa shape index (κ3) is 4.04. The topological polar surface area (TPSA) is 38.7 Å². The van der Waals surface area contributed by atoms with Gasteiger partial charge in [-0.2, -0.15) is 10.2 Å². The SMILES string of the molecule is CC1CCCc2c1ccc1c2c(-c2ccncc2)cc2ccccc21.c1ccc2nnccc2c1. The highest BCUT2D eigenvalue weighted by atomic mass is 15.1. The van der Waals surface area contributed by atoms with Gasteiger partial charge in [-0.15, -0.1) is 0 Å². The van der Waals surface area contributed by atoms with E-state index in [0.29, 0.717) is 5.92 Å². The maximum Gasteiger partial charge on any atom is 0.0929 e. The maximum absolute atomic E-state index is 4.21.